The van der Waals surface area contributed by atoms with Gasteiger partial charge in [0, 0.05) is 0 Å². The van der Waals surface area contributed by atoms with Crippen molar-refractivity contribution in [3.8, 4) is 0 Å². The van der Waals surface area contributed by atoms with Gasteiger partial charge in [-0.2, -0.15) is 0 Å². The summed E-state index contributed by atoms with van der Waals surface area (Å²) in [5.74, 6) is -0.292. The van der Waals surface area contributed by atoms with Crippen molar-refractivity contribution in [1.29, 1.82) is 0 Å². The van der Waals surface area contributed by atoms with Crippen LogP contribution in [0.3, 0.4) is 0 Å². The molecule has 2 fully saturated rings. The lowest BCUT2D eigenvalue weighted by molar-refractivity contribution is -0.354. The van der Waals surface area contributed by atoms with Gasteiger partial charge in [-0.3, -0.25) is 4.79 Å². The maximum absolute atomic E-state index is 12.5. The minimum absolute atomic E-state index is 0.128. The lowest BCUT2D eigenvalue weighted by Crippen LogP contribution is -2.65. The van der Waals surface area contributed by atoms with Gasteiger partial charge in [-0.25, -0.2) is 0 Å². The van der Waals surface area contributed by atoms with Crippen LogP contribution in [0.2, 0.25) is 0 Å². The maximum atomic E-state index is 12.5. The van der Waals surface area contributed by atoms with E-state index >= 15 is 0 Å². The molecule has 0 aliphatic carbocycles. The third-order valence-corrected chi connectivity index (χ3v) is 12.1. The number of aliphatic hydroxyl groups excluding tert-OH is 1. The molecule has 2 saturated heterocycles. The molecule has 64 heavy (non-hydrogen) atoms. The van der Waals surface area contributed by atoms with E-state index in [1.807, 2.05) is 152 Å². The van der Waals surface area contributed by atoms with Gasteiger partial charge in [0.15, 0.2) is 6.29 Å². The minimum Gasteiger partial charge on any atom is -0.462 e. The standard InChI is InChI=1S/C51H57ClO11S/c1-2-64-51-49(60-33-40-26-16-7-17-27-40)48(46(58-31-38-22-12-5-13-23-38)41(62-51)34-55-29-36-18-8-3-9-19-36)63-50-47(59-32-39-24-14-6-15-25-39)44(54)45(42(61-50)35-56-43(53)28-52)57-30-37-20-10-4-11-21-37/h3-27,41-42,44-51,54H,2,28-35H2,1H3/t41-,42-,44+,45-,46+,47-,48+,49-,50-,51+/m1/s1. The zero-order valence-electron chi connectivity index (χ0n) is 35.9. The summed E-state index contributed by atoms with van der Waals surface area (Å²) >= 11 is 7.46. The molecule has 7 rings (SSSR count). The van der Waals surface area contributed by atoms with Gasteiger partial charge in [0.05, 0.1) is 39.6 Å². The molecule has 5 aromatic rings. The number of carbonyl (C=O) groups is 1. The summed E-state index contributed by atoms with van der Waals surface area (Å²) in [4.78, 5) is 12.5. The quantitative estimate of drug-likeness (QED) is 0.0502. The number of alkyl halides is 1. The number of ether oxygens (including phenoxy) is 9. The van der Waals surface area contributed by atoms with Crippen LogP contribution in [0.25, 0.3) is 0 Å². The van der Waals surface area contributed by atoms with Crippen molar-refractivity contribution in [1.82, 2.24) is 0 Å². The van der Waals surface area contributed by atoms with Gasteiger partial charge < -0.3 is 47.7 Å². The fourth-order valence-corrected chi connectivity index (χ4v) is 8.72. The van der Waals surface area contributed by atoms with Crippen LogP contribution in [0.5, 0.6) is 0 Å². The fraction of sp³-hybridized carbons (Fsp3) is 0.392. The molecule has 0 unspecified atom stereocenters. The highest BCUT2D eigenvalue weighted by Gasteiger charge is 2.54. The summed E-state index contributed by atoms with van der Waals surface area (Å²) in [6.45, 7) is 3.09. The van der Waals surface area contributed by atoms with Crippen LogP contribution in [-0.2, 0) is 80.5 Å². The molecule has 13 heteroatoms. The number of thioether (sulfide) groups is 1. The molecule has 1 N–H and O–H groups in total. The molecule has 0 saturated carbocycles. The van der Waals surface area contributed by atoms with E-state index in [1.54, 1.807) is 11.8 Å². The van der Waals surface area contributed by atoms with Gasteiger partial charge in [-0.1, -0.05) is 159 Å². The van der Waals surface area contributed by atoms with Gasteiger partial charge in [0.1, 0.15) is 66.8 Å². The molecule has 2 aliphatic rings. The normalized spacial score (nSPS) is 25.7. The Balaban J connectivity index is 1.25. The smallest absolute Gasteiger partial charge is 0.320 e. The van der Waals surface area contributed by atoms with Gasteiger partial charge >= 0.3 is 5.97 Å². The second kappa shape index (κ2) is 25.5. The summed E-state index contributed by atoms with van der Waals surface area (Å²) in [5.41, 5.74) is 4.16. The Kier molecular flexibility index (Phi) is 19.1. The summed E-state index contributed by atoms with van der Waals surface area (Å²) in [5, 5.41) is 12.4. The van der Waals surface area contributed by atoms with Crippen molar-refractivity contribution in [2.24, 2.45) is 0 Å². The van der Waals surface area contributed by atoms with Crippen molar-refractivity contribution < 1.29 is 52.5 Å². The number of aliphatic hydroxyl groups is 1. The molecule has 0 radical (unpaired) electrons. The first-order valence-corrected chi connectivity index (χ1v) is 23.3. The van der Waals surface area contributed by atoms with Crippen LogP contribution >= 0.6 is 23.4 Å². The van der Waals surface area contributed by atoms with Gasteiger partial charge in [0.2, 0.25) is 0 Å². The van der Waals surface area contributed by atoms with Crippen molar-refractivity contribution >= 4 is 29.3 Å². The van der Waals surface area contributed by atoms with Crippen LogP contribution in [0.4, 0.5) is 0 Å². The minimum atomic E-state index is -1.32. The summed E-state index contributed by atoms with van der Waals surface area (Å²) < 4.78 is 59.6. The van der Waals surface area contributed by atoms with Crippen molar-refractivity contribution in [2.75, 3.05) is 24.8 Å². The Labute approximate surface area is 385 Å². The molecule has 11 nitrogen and oxygen atoms in total. The highest BCUT2D eigenvalue weighted by molar-refractivity contribution is 7.99. The lowest BCUT2D eigenvalue weighted by Gasteiger charge is -2.49. The highest BCUT2D eigenvalue weighted by atomic mass is 35.5. The molecular formula is C51H57ClO11S. The van der Waals surface area contributed by atoms with E-state index < -0.39 is 66.5 Å². The zero-order valence-corrected chi connectivity index (χ0v) is 37.5. The molecule has 2 aliphatic heterocycles. The van der Waals surface area contributed by atoms with Crippen LogP contribution in [-0.4, -0.2) is 96.5 Å². The van der Waals surface area contributed by atoms with E-state index in [2.05, 4.69) is 6.92 Å². The molecule has 10 atom stereocenters. The Hall–Kier alpha value is -4.15. The van der Waals surface area contributed by atoms with Gasteiger partial charge in [0.25, 0.3) is 0 Å². The monoisotopic (exact) mass is 912 g/mol. The first kappa shape index (κ1) is 47.8. The van der Waals surface area contributed by atoms with Crippen LogP contribution < -0.4 is 0 Å². The second-order valence-corrected chi connectivity index (χ2v) is 17.1. The molecular weight excluding hydrogens is 856 g/mol. The van der Waals surface area contributed by atoms with E-state index in [4.69, 9.17) is 54.2 Å². The average molecular weight is 914 g/mol. The second-order valence-electron chi connectivity index (χ2n) is 15.5. The predicted octanol–water partition coefficient (Wildman–Crippen LogP) is 8.28. The van der Waals surface area contributed by atoms with Gasteiger partial charge in [-0.15, -0.1) is 23.4 Å². The van der Waals surface area contributed by atoms with Crippen molar-refractivity contribution in [3.63, 3.8) is 0 Å². The largest absolute Gasteiger partial charge is 0.462 e. The molecule has 0 bridgehead atoms. The zero-order chi connectivity index (χ0) is 44.4. The Morgan fingerprint density at radius 2 is 0.969 bits per heavy atom. The highest BCUT2D eigenvalue weighted by Crippen LogP contribution is 2.38. The lowest BCUT2D eigenvalue weighted by atomic mass is 9.96. The van der Waals surface area contributed by atoms with Crippen LogP contribution in [0, 0.1) is 0 Å². The Morgan fingerprint density at radius 1 is 0.547 bits per heavy atom. The topological polar surface area (TPSA) is 120 Å². The summed E-state index contributed by atoms with van der Waals surface area (Å²) in [6, 6.07) is 48.9. The fourth-order valence-electron chi connectivity index (χ4n) is 7.67. The number of esters is 1. The first-order valence-electron chi connectivity index (χ1n) is 21.7. The third kappa shape index (κ3) is 13.9. The average Bonchev–Trinajstić information content (AvgIpc) is 3.34. The van der Waals surface area contributed by atoms with E-state index in [-0.39, 0.29) is 45.5 Å². The van der Waals surface area contributed by atoms with Crippen LogP contribution in [0.15, 0.2) is 152 Å². The molecule has 0 aromatic heterocycles. The first-order chi connectivity index (χ1) is 31.5. The Morgan fingerprint density at radius 3 is 1.44 bits per heavy atom. The van der Waals surface area contributed by atoms with Crippen LogP contribution in [0.1, 0.15) is 34.7 Å². The predicted molar refractivity (Wildman–Crippen MR) is 244 cm³/mol. The molecule has 0 amide bonds. The summed E-state index contributed by atoms with van der Waals surface area (Å²) in [6.07, 6.45) is -8.65. The number of carbonyl (C=O) groups excluding carboxylic acids is 1. The number of hydrogen-bond acceptors (Lipinski definition) is 12. The number of rotatable bonds is 23. The molecule has 0 spiro atoms. The Bertz CT molecular complexity index is 2060. The number of hydrogen-bond donors (Lipinski definition) is 1. The summed E-state index contributed by atoms with van der Waals surface area (Å²) in [7, 11) is 0. The molecule has 2 heterocycles. The molecule has 340 valence electrons. The van der Waals surface area contributed by atoms with E-state index in [0.717, 1.165) is 27.8 Å². The third-order valence-electron chi connectivity index (χ3n) is 10.9. The van der Waals surface area contributed by atoms with Gasteiger partial charge in [-0.05, 0) is 33.6 Å². The van der Waals surface area contributed by atoms with E-state index in [9.17, 15) is 9.90 Å². The van der Waals surface area contributed by atoms with Crippen molar-refractivity contribution in [3.05, 3.63) is 179 Å². The molecule has 5 aromatic carbocycles. The SMILES string of the molecule is CCS[C@@H]1O[C@H](COCc2ccccc2)[C@H](OCc2ccccc2)[C@H](O[C@H]2O[C@H](COC(=O)CCl)[C@@H](OCc3ccccc3)[C@H](O)[C@H]2OCc2ccccc2)[C@H]1OCc1ccccc1. The maximum Gasteiger partial charge on any atom is 0.320 e. The van der Waals surface area contributed by atoms with E-state index in [0.29, 0.717) is 12.4 Å². The van der Waals surface area contributed by atoms with E-state index in [1.165, 1.54) is 0 Å². The number of benzene rings is 5. The van der Waals surface area contributed by atoms with Crippen molar-refractivity contribution in [2.45, 2.75) is 101 Å². The number of halogens is 1.